The summed E-state index contributed by atoms with van der Waals surface area (Å²) in [4.78, 5) is 0. The molecular formula is C12H15BrFN. The van der Waals surface area contributed by atoms with E-state index in [0.29, 0.717) is 6.54 Å². The molecule has 1 aliphatic carbocycles. The van der Waals surface area contributed by atoms with Gasteiger partial charge in [-0.1, -0.05) is 22.4 Å². The van der Waals surface area contributed by atoms with Crippen LogP contribution < -0.4 is 5.73 Å². The largest absolute Gasteiger partial charge is 0.330 e. The van der Waals surface area contributed by atoms with Gasteiger partial charge in [-0.05, 0) is 55.0 Å². The molecule has 1 nitrogen and oxygen atoms in total. The van der Waals surface area contributed by atoms with Crippen molar-refractivity contribution >= 4 is 15.9 Å². The summed E-state index contributed by atoms with van der Waals surface area (Å²) in [5.74, 6) is -0.0913. The van der Waals surface area contributed by atoms with Crippen LogP contribution in [0.15, 0.2) is 22.7 Å². The second-order valence-electron chi connectivity index (χ2n) is 4.30. The highest BCUT2D eigenvalue weighted by Crippen LogP contribution is 2.47. The molecule has 3 heteroatoms. The van der Waals surface area contributed by atoms with Gasteiger partial charge >= 0.3 is 0 Å². The maximum atomic E-state index is 13.7. The first-order valence-electron chi connectivity index (χ1n) is 5.33. The second-order valence-corrected chi connectivity index (χ2v) is 5.21. The summed E-state index contributed by atoms with van der Waals surface area (Å²) in [5, 5.41) is 0. The fourth-order valence-corrected chi connectivity index (χ4v) is 2.80. The molecular weight excluding hydrogens is 257 g/mol. The van der Waals surface area contributed by atoms with Crippen LogP contribution in [0.1, 0.15) is 31.2 Å². The normalized spacial score (nSPS) is 18.6. The lowest BCUT2D eigenvalue weighted by Crippen LogP contribution is -2.37. The quantitative estimate of drug-likeness (QED) is 0.897. The number of benzene rings is 1. The van der Waals surface area contributed by atoms with E-state index < -0.39 is 0 Å². The first kappa shape index (κ1) is 11.1. The molecule has 0 aliphatic heterocycles. The Bertz CT molecular complexity index is 361. The highest BCUT2D eigenvalue weighted by atomic mass is 79.9. The molecule has 0 saturated heterocycles. The summed E-state index contributed by atoms with van der Waals surface area (Å²) in [6.45, 7) is 0.631. The monoisotopic (exact) mass is 271 g/mol. The van der Waals surface area contributed by atoms with Gasteiger partial charge in [0.25, 0.3) is 0 Å². The lowest BCUT2D eigenvalue weighted by atomic mass is 9.62. The number of hydrogen-bond donors (Lipinski definition) is 1. The third-order valence-corrected chi connectivity index (χ3v) is 3.93. The molecule has 2 N–H and O–H groups in total. The minimum absolute atomic E-state index is 0.0165. The van der Waals surface area contributed by atoms with Crippen molar-refractivity contribution in [2.45, 2.75) is 31.1 Å². The van der Waals surface area contributed by atoms with Gasteiger partial charge < -0.3 is 5.73 Å². The molecule has 2 rings (SSSR count). The topological polar surface area (TPSA) is 26.0 Å². The number of hydrogen-bond acceptors (Lipinski definition) is 1. The maximum absolute atomic E-state index is 13.7. The summed E-state index contributed by atoms with van der Waals surface area (Å²) in [6, 6.07) is 5.19. The van der Waals surface area contributed by atoms with Crippen molar-refractivity contribution in [3.63, 3.8) is 0 Å². The first-order valence-corrected chi connectivity index (χ1v) is 6.13. The zero-order valence-electron chi connectivity index (χ0n) is 8.60. The van der Waals surface area contributed by atoms with Crippen LogP contribution in [0.5, 0.6) is 0 Å². The highest BCUT2D eigenvalue weighted by molar-refractivity contribution is 9.10. The Kier molecular flexibility index (Phi) is 3.12. The summed E-state index contributed by atoms with van der Waals surface area (Å²) in [5.41, 5.74) is 6.47. The summed E-state index contributed by atoms with van der Waals surface area (Å²) < 4.78 is 14.7. The summed E-state index contributed by atoms with van der Waals surface area (Å²) in [6.07, 6.45) is 4.21. The van der Waals surface area contributed by atoms with Crippen LogP contribution >= 0.6 is 15.9 Å². The lowest BCUT2D eigenvalue weighted by molar-refractivity contribution is 0.222. The highest BCUT2D eigenvalue weighted by Gasteiger charge is 2.39. The van der Waals surface area contributed by atoms with E-state index in [1.54, 1.807) is 6.07 Å². The molecule has 1 fully saturated rings. The molecule has 0 heterocycles. The van der Waals surface area contributed by atoms with Gasteiger partial charge in [-0.15, -0.1) is 0 Å². The predicted octanol–water partition coefficient (Wildman–Crippen LogP) is 3.36. The lowest BCUT2D eigenvalue weighted by Gasteiger charge is -2.42. The number of rotatable bonds is 3. The zero-order valence-corrected chi connectivity index (χ0v) is 10.2. The second kappa shape index (κ2) is 4.22. The smallest absolute Gasteiger partial charge is 0.127 e. The Hall–Kier alpha value is -0.410. The molecule has 0 bridgehead atoms. The van der Waals surface area contributed by atoms with Crippen LogP contribution in [0.3, 0.4) is 0 Å². The SMILES string of the molecule is NCCC1(c2cc(Br)ccc2F)CCC1. The molecule has 82 valence electrons. The van der Waals surface area contributed by atoms with Crippen molar-refractivity contribution < 1.29 is 4.39 Å². The molecule has 1 saturated carbocycles. The van der Waals surface area contributed by atoms with Gasteiger partial charge in [0.1, 0.15) is 5.82 Å². The minimum atomic E-state index is -0.0913. The van der Waals surface area contributed by atoms with Gasteiger partial charge in [-0.3, -0.25) is 0 Å². The first-order chi connectivity index (χ1) is 7.18. The van der Waals surface area contributed by atoms with E-state index in [9.17, 15) is 4.39 Å². The van der Waals surface area contributed by atoms with Gasteiger partial charge in [0.2, 0.25) is 0 Å². The van der Waals surface area contributed by atoms with E-state index in [0.717, 1.165) is 29.3 Å². The van der Waals surface area contributed by atoms with E-state index in [4.69, 9.17) is 5.73 Å². The Morgan fingerprint density at radius 2 is 2.13 bits per heavy atom. The van der Waals surface area contributed by atoms with Crippen molar-refractivity contribution in [3.8, 4) is 0 Å². The predicted molar refractivity (Wildman–Crippen MR) is 63.3 cm³/mol. The zero-order chi connectivity index (χ0) is 10.9. The van der Waals surface area contributed by atoms with Gasteiger partial charge in [-0.2, -0.15) is 0 Å². The van der Waals surface area contributed by atoms with Crippen molar-refractivity contribution in [1.29, 1.82) is 0 Å². The summed E-state index contributed by atoms with van der Waals surface area (Å²) in [7, 11) is 0. The van der Waals surface area contributed by atoms with Crippen molar-refractivity contribution in [3.05, 3.63) is 34.1 Å². The Morgan fingerprint density at radius 3 is 2.67 bits per heavy atom. The Balaban J connectivity index is 2.37. The number of halogens is 2. The average molecular weight is 272 g/mol. The standard InChI is InChI=1S/C12H15BrFN/c13-9-2-3-11(14)10(8-9)12(6-7-15)4-1-5-12/h2-3,8H,1,4-7,15H2. The fourth-order valence-electron chi connectivity index (χ4n) is 2.44. The van der Waals surface area contributed by atoms with E-state index in [-0.39, 0.29) is 11.2 Å². The molecule has 0 unspecified atom stereocenters. The molecule has 1 aromatic rings. The van der Waals surface area contributed by atoms with Crippen LogP contribution in [0.2, 0.25) is 0 Å². The van der Waals surface area contributed by atoms with Gasteiger partial charge in [0.15, 0.2) is 0 Å². The van der Waals surface area contributed by atoms with E-state index in [2.05, 4.69) is 15.9 Å². The fraction of sp³-hybridized carbons (Fsp3) is 0.500. The van der Waals surface area contributed by atoms with Crippen LogP contribution in [0, 0.1) is 5.82 Å². The third kappa shape index (κ3) is 1.95. The molecule has 0 atom stereocenters. The third-order valence-electron chi connectivity index (χ3n) is 3.43. The van der Waals surface area contributed by atoms with E-state index >= 15 is 0 Å². The van der Waals surface area contributed by atoms with Gasteiger partial charge in [0.05, 0.1) is 0 Å². The van der Waals surface area contributed by atoms with Crippen LogP contribution in [-0.4, -0.2) is 6.54 Å². The van der Waals surface area contributed by atoms with E-state index in [1.807, 2.05) is 6.07 Å². The Labute approximate surface area is 98.0 Å². The molecule has 1 aromatic carbocycles. The van der Waals surface area contributed by atoms with Gasteiger partial charge in [-0.25, -0.2) is 4.39 Å². The Morgan fingerprint density at radius 1 is 1.40 bits per heavy atom. The van der Waals surface area contributed by atoms with E-state index in [1.165, 1.54) is 12.5 Å². The maximum Gasteiger partial charge on any atom is 0.127 e. The summed E-state index contributed by atoms with van der Waals surface area (Å²) >= 11 is 3.40. The molecule has 0 amide bonds. The molecule has 0 aromatic heterocycles. The van der Waals surface area contributed by atoms with Crippen molar-refractivity contribution in [2.24, 2.45) is 5.73 Å². The average Bonchev–Trinajstić information content (AvgIpc) is 2.16. The molecule has 0 radical (unpaired) electrons. The molecule has 0 spiro atoms. The number of nitrogens with two attached hydrogens (primary N) is 1. The van der Waals surface area contributed by atoms with Crippen molar-refractivity contribution in [2.75, 3.05) is 6.54 Å². The minimum Gasteiger partial charge on any atom is -0.330 e. The van der Waals surface area contributed by atoms with Crippen LogP contribution in [0.25, 0.3) is 0 Å². The van der Waals surface area contributed by atoms with Gasteiger partial charge in [0, 0.05) is 4.47 Å². The van der Waals surface area contributed by atoms with Crippen molar-refractivity contribution in [1.82, 2.24) is 0 Å². The molecule has 1 aliphatic rings. The van der Waals surface area contributed by atoms with Crippen LogP contribution in [-0.2, 0) is 5.41 Å². The molecule has 15 heavy (non-hydrogen) atoms. The van der Waals surface area contributed by atoms with Crippen LogP contribution in [0.4, 0.5) is 4.39 Å².